The van der Waals surface area contributed by atoms with Gasteiger partial charge < -0.3 is 5.73 Å². The Morgan fingerprint density at radius 2 is 1.00 bits per heavy atom. The number of carbonyl (C=O) groups is 5. The van der Waals surface area contributed by atoms with E-state index in [-0.39, 0.29) is 73.2 Å². The molecule has 2 aliphatic rings. The van der Waals surface area contributed by atoms with Gasteiger partial charge in [-0.1, -0.05) is 54.6 Å². The number of hydrogen-bond donors (Lipinski definition) is 1. The number of anilines is 1. The first-order valence-electron chi connectivity index (χ1n) is 11.4. The van der Waals surface area contributed by atoms with Crippen LogP contribution in [-0.2, 0) is 0 Å². The van der Waals surface area contributed by atoms with E-state index in [0.717, 1.165) is 0 Å². The third-order valence-corrected chi connectivity index (χ3v) is 6.72. The fourth-order valence-electron chi connectivity index (χ4n) is 4.89. The van der Waals surface area contributed by atoms with Gasteiger partial charge in [0.25, 0.3) is 0 Å². The first-order valence-corrected chi connectivity index (χ1v) is 11.4. The molecule has 2 N–H and O–H groups in total. The molecular weight excluding hydrogens is 468 g/mol. The minimum Gasteiger partial charge on any atom is -0.398 e. The highest BCUT2D eigenvalue weighted by atomic mass is 16.1. The summed E-state index contributed by atoms with van der Waals surface area (Å²) in [6.07, 6.45) is 1.88. The van der Waals surface area contributed by atoms with Gasteiger partial charge in [-0.05, 0) is 18.2 Å². The average molecular weight is 484 g/mol. The van der Waals surface area contributed by atoms with Crippen LogP contribution < -0.4 is 5.73 Å². The molecule has 0 radical (unpaired) electrons. The molecule has 0 spiro atoms. The summed E-state index contributed by atoms with van der Waals surface area (Å²) in [4.78, 5) is 68.8. The number of carbonyl (C=O) groups excluding carboxylic acids is 5. The minimum absolute atomic E-state index is 0.0289. The van der Waals surface area contributed by atoms with E-state index in [9.17, 15) is 24.0 Å². The van der Waals surface area contributed by atoms with Gasteiger partial charge in [0.2, 0.25) is 0 Å². The largest absolute Gasteiger partial charge is 0.398 e. The summed E-state index contributed by atoms with van der Waals surface area (Å²) >= 11 is 0. The van der Waals surface area contributed by atoms with Crippen molar-refractivity contribution in [3.63, 3.8) is 0 Å². The number of aldehydes is 1. The number of fused-ring (bicyclic) bond motifs is 4. The summed E-state index contributed by atoms with van der Waals surface area (Å²) in [5.74, 6) is -1.43. The fraction of sp³-hybridized carbons (Fsp3) is 0. The van der Waals surface area contributed by atoms with E-state index in [1.165, 1.54) is 24.4 Å². The van der Waals surface area contributed by atoms with Gasteiger partial charge >= 0.3 is 0 Å². The Morgan fingerprint density at radius 1 is 0.541 bits per heavy atom. The predicted octanol–water partition coefficient (Wildman–Crippen LogP) is 4.38. The van der Waals surface area contributed by atoms with Crippen LogP contribution in [0.15, 0.2) is 77.8 Å². The quantitative estimate of drug-likeness (QED) is 0.226. The van der Waals surface area contributed by atoms with Crippen LogP contribution in [0.5, 0.6) is 0 Å². The first-order chi connectivity index (χ1) is 17.9. The third-order valence-electron chi connectivity index (χ3n) is 6.72. The zero-order valence-electron chi connectivity index (χ0n) is 19.1. The van der Waals surface area contributed by atoms with Gasteiger partial charge in [-0.2, -0.15) is 0 Å². The summed E-state index contributed by atoms with van der Waals surface area (Å²) in [5, 5.41) is 0. The van der Waals surface area contributed by atoms with Crippen LogP contribution >= 0.6 is 0 Å². The molecule has 0 atom stereocenters. The molecule has 0 saturated heterocycles. The van der Waals surface area contributed by atoms with Crippen molar-refractivity contribution >= 4 is 47.0 Å². The van der Waals surface area contributed by atoms with Crippen LogP contribution in [0, 0.1) is 0 Å². The zero-order valence-corrected chi connectivity index (χ0v) is 19.1. The second kappa shape index (κ2) is 8.13. The molecule has 37 heavy (non-hydrogen) atoms. The lowest BCUT2D eigenvalue weighted by atomic mass is 9.82. The van der Waals surface area contributed by atoms with Crippen molar-refractivity contribution in [3.8, 4) is 0 Å². The number of nitrogens with two attached hydrogens (primary N) is 1. The second-order valence-corrected chi connectivity index (χ2v) is 8.70. The van der Waals surface area contributed by atoms with E-state index >= 15 is 0 Å². The summed E-state index contributed by atoms with van der Waals surface area (Å²) < 4.78 is 0. The maximum atomic E-state index is 13.4. The van der Waals surface area contributed by atoms with Crippen LogP contribution in [0.25, 0.3) is 0 Å². The molecule has 2 aliphatic carbocycles. The number of hydrogen-bond acceptors (Lipinski definition) is 7. The standard InChI is InChI=1S/C30H16N2O5/c31-25-15(9-11-21-23(25)29(36)19-7-3-1-5-17(19)27(21)34)13-32-26-16(14-33)10-12-22-24(26)30(37)20-8-4-2-6-18(20)28(22)35/h1-14H,31H2. The monoisotopic (exact) mass is 484 g/mol. The lowest BCUT2D eigenvalue weighted by Crippen LogP contribution is -2.23. The number of aliphatic imine (C=N–C) groups is 1. The number of nitrogen functional groups attached to an aromatic ring is 1. The smallest absolute Gasteiger partial charge is 0.196 e. The fourth-order valence-corrected chi connectivity index (χ4v) is 4.89. The molecule has 4 aromatic carbocycles. The summed E-state index contributed by atoms with van der Waals surface area (Å²) in [7, 11) is 0. The van der Waals surface area contributed by atoms with E-state index in [2.05, 4.69) is 4.99 Å². The normalized spacial score (nSPS) is 13.7. The van der Waals surface area contributed by atoms with Gasteiger partial charge in [0.1, 0.15) is 0 Å². The molecule has 0 aromatic heterocycles. The lowest BCUT2D eigenvalue weighted by molar-refractivity contribution is 0.0979. The molecule has 0 bridgehead atoms. The SMILES string of the molecule is Nc1c(C=Nc2c(C=O)ccc3c2C(=O)c2ccccc2C3=O)ccc2c1C(=O)c1ccccc1C2=O. The topological polar surface area (TPSA) is 124 Å². The van der Waals surface area contributed by atoms with Crippen molar-refractivity contribution < 1.29 is 24.0 Å². The van der Waals surface area contributed by atoms with Crippen molar-refractivity contribution in [1.29, 1.82) is 0 Å². The van der Waals surface area contributed by atoms with Crippen molar-refractivity contribution in [3.05, 3.63) is 128 Å². The maximum absolute atomic E-state index is 13.4. The number of benzene rings is 4. The summed E-state index contributed by atoms with van der Waals surface area (Å²) in [6.45, 7) is 0. The Kier molecular flexibility index (Phi) is 4.88. The molecule has 0 aliphatic heterocycles. The summed E-state index contributed by atoms with van der Waals surface area (Å²) in [6, 6.07) is 19.0. The first kappa shape index (κ1) is 22.2. The highest BCUT2D eigenvalue weighted by molar-refractivity contribution is 6.32. The van der Waals surface area contributed by atoms with E-state index in [4.69, 9.17) is 5.73 Å². The Morgan fingerprint density at radius 3 is 1.54 bits per heavy atom. The Hall–Kier alpha value is -5.30. The molecule has 7 nitrogen and oxygen atoms in total. The van der Waals surface area contributed by atoms with Crippen LogP contribution in [0.4, 0.5) is 11.4 Å². The highest BCUT2D eigenvalue weighted by Gasteiger charge is 2.33. The van der Waals surface area contributed by atoms with Crippen LogP contribution in [0.2, 0.25) is 0 Å². The lowest BCUT2D eigenvalue weighted by Gasteiger charge is -2.20. The van der Waals surface area contributed by atoms with Gasteiger partial charge in [-0.3, -0.25) is 29.0 Å². The minimum atomic E-state index is -0.420. The highest BCUT2D eigenvalue weighted by Crippen LogP contribution is 2.36. The van der Waals surface area contributed by atoms with Crippen molar-refractivity contribution in [2.24, 2.45) is 4.99 Å². The number of nitrogens with zero attached hydrogens (tertiary/aromatic N) is 1. The van der Waals surface area contributed by atoms with Crippen LogP contribution in [0.3, 0.4) is 0 Å². The van der Waals surface area contributed by atoms with E-state index in [0.29, 0.717) is 17.4 Å². The maximum Gasteiger partial charge on any atom is 0.196 e. The third kappa shape index (κ3) is 3.14. The molecule has 4 aromatic rings. The van der Waals surface area contributed by atoms with Crippen molar-refractivity contribution in [2.45, 2.75) is 0 Å². The number of rotatable bonds is 3. The molecule has 176 valence electrons. The molecule has 0 saturated carbocycles. The van der Waals surface area contributed by atoms with Gasteiger partial charge in [-0.25, -0.2) is 0 Å². The molecule has 0 unspecified atom stereocenters. The van der Waals surface area contributed by atoms with Crippen molar-refractivity contribution in [2.75, 3.05) is 5.73 Å². The molecule has 7 heteroatoms. The average Bonchev–Trinajstić information content (AvgIpc) is 2.93. The Balaban J connectivity index is 1.49. The van der Waals surface area contributed by atoms with Gasteiger partial charge in [0.05, 0.1) is 22.5 Å². The van der Waals surface area contributed by atoms with E-state index < -0.39 is 5.78 Å². The molecular formula is C30H16N2O5. The number of ketones is 4. The van der Waals surface area contributed by atoms with Gasteiger partial charge in [0, 0.05) is 50.7 Å². The molecule has 0 heterocycles. The molecule has 0 amide bonds. The molecule has 6 rings (SSSR count). The predicted molar refractivity (Wildman–Crippen MR) is 137 cm³/mol. The zero-order chi connectivity index (χ0) is 25.8. The van der Waals surface area contributed by atoms with Crippen LogP contribution in [-0.4, -0.2) is 35.6 Å². The Bertz CT molecular complexity index is 1780. The second-order valence-electron chi connectivity index (χ2n) is 8.70. The van der Waals surface area contributed by atoms with Crippen LogP contribution in [0.1, 0.15) is 79.6 Å². The van der Waals surface area contributed by atoms with Gasteiger partial charge in [0.15, 0.2) is 29.4 Å². The summed E-state index contributed by atoms with van der Waals surface area (Å²) in [5.41, 5.74) is 8.43. The van der Waals surface area contributed by atoms with E-state index in [1.807, 2.05) is 0 Å². The Labute approximate surface area is 210 Å². The molecule has 0 fully saturated rings. The van der Waals surface area contributed by atoms with E-state index in [1.54, 1.807) is 54.6 Å². The van der Waals surface area contributed by atoms with Crippen molar-refractivity contribution in [1.82, 2.24) is 0 Å². The van der Waals surface area contributed by atoms with Gasteiger partial charge in [-0.15, -0.1) is 0 Å².